The third kappa shape index (κ3) is 3.10. The van der Waals surface area contributed by atoms with Crippen LogP contribution in [0.4, 0.5) is 0 Å². The lowest BCUT2D eigenvalue weighted by Crippen LogP contribution is -2.23. The second-order valence-electron chi connectivity index (χ2n) is 5.78. The molecule has 4 heteroatoms. The van der Waals surface area contributed by atoms with Gasteiger partial charge in [-0.1, -0.05) is 6.07 Å². The molecule has 0 saturated carbocycles. The largest absolute Gasteiger partial charge is 0.467 e. The fraction of sp³-hybridized carbons (Fsp3) is 0.471. The van der Waals surface area contributed by atoms with Gasteiger partial charge in [-0.15, -0.1) is 0 Å². The van der Waals surface area contributed by atoms with Gasteiger partial charge in [0.1, 0.15) is 0 Å². The summed E-state index contributed by atoms with van der Waals surface area (Å²) in [6, 6.07) is 9.28. The molecule has 112 valence electrons. The number of aromatic amines is 1. The second-order valence-corrected chi connectivity index (χ2v) is 5.78. The maximum absolute atomic E-state index is 10.2. The number of aromatic nitrogens is 1. The molecular weight excluding hydrogens is 264 g/mol. The molecule has 1 aliphatic heterocycles. The van der Waals surface area contributed by atoms with E-state index in [1.165, 1.54) is 36.9 Å². The van der Waals surface area contributed by atoms with E-state index >= 15 is 0 Å². The number of carbonyl (C=O) groups excluding carboxylic acids is 1. The molecule has 1 atom stereocenters. The van der Waals surface area contributed by atoms with Crippen molar-refractivity contribution in [1.29, 1.82) is 0 Å². The van der Waals surface area contributed by atoms with Gasteiger partial charge in [0, 0.05) is 23.7 Å². The van der Waals surface area contributed by atoms with Crippen molar-refractivity contribution in [3.63, 3.8) is 0 Å². The van der Waals surface area contributed by atoms with Gasteiger partial charge < -0.3 is 9.72 Å². The molecule has 3 rings (SSSR count). The Kier molecular flexibility index (Phi) is 4.25. The molecule has 21 heavy (non-hydrogen) atoms. The van der Waals surface area contributed by atoms with Gasteiger partial charge in [0.15, 0.2) is 0 Å². The minimum absolute atomic E-state index is 0.424. The predicted molar refractivity (Wildman–Crippen MR) is 83.2 cm³/mol. The molecule has 0 spiro atoms. The van der Waals surface area contributed by atoms with Crippen LogP contribution in [0.25, 0.3) is 10.9 Å². The zero-order valence-electron chi connectivity index (χ0n) is 12.5. The zero-order valence-corrected chi connectivity index (χ0v) is 12.5. The van der Waals surface area contributed by atoms with Crippen molar-refractivity contribution in [3.05, 3.63) is 35.5 Å². The van der Waals surface area contributed by atoms with Crippen LogP contribution in [0.5, 0.6) is 0 Å². The second kappa shape index (κ2) is 6.31. The van der Waals surface area contributed by atoms with Crippen LogP contribution in [0, 0.1) is 0 Å². The Morgan fingerprint density at radius 2 is 2.14 bits per heavy atom. The molecule has 1 aromatic heterocycles. The Bertz CT molecular complexity index is 614. The van der Waals surface area contributed by atoms with Crippen LogP contribution in [-0.4, -0.2) is 36.1 Å². The number of nitrogens with zero attached hydrogens (tertiary/aromatic N) is 1. The molecule has 4 nitrogen and oxygen atoms in total. The quantitative estimate of drug-likeness (QED) is 0.656. The topological polar surface area (TPSA) is 45.3 Å². The molecule has 0 aliphatic carbocycles. The van der Waals surface area contributed by atoms with Gasteiger partial charge in [0.05, 0.1) is 6.61 Å². The molecule has 0 bridgehead atoms. The van der Waals surface area contributed by atoms with Crippen molar-refractivity contribution >= 4 is 17.4 Å². The lowest BCUT2D eigenvalue weighted by atomic mass is 10.1. The van der Waals surface area contributed by atoms with Gasteiger partial charge in [-0.05, 0) is 62.0 Å². The first kappa shape index (κ1) is 14.1. The summed E-state index contributed by atoms with van der Waals surface area (Å²) in [4.78, 5) is 16.1. The first-order valence-electron chi connectivity index (χ1n) is 7.69. The van der Waals surface area contributed by atoms with Crippen molar-refractivity contribution in [3.8, 4) is 0 Å². The number of hydrogen-bond acceptors (Lipinski definition) is 3. The lowest BCUT2D eigenvalue weighted by molar-refractivity contribution is -0.128. The van der Waals surface area contributed by atoms with Crippen molar-refractivity contribution in [2.45, 2.75) is 32.2 Å². The van der Waals surface area contributed by atoms with E-state index < -0.39 is 0 Å². The fourth-order valence-corrected chi connectivity index (χ4v) is 3.16. The summed E-state index contributed by atoms with van der Waals surface area (Å²) in [5.41, 5.74) is 3.63. The number of nitrogens with one attached hydrogen (secondary N) is 1. The summed E-state index contributed by atoms with van der Waals surface area (Å²) in [7, 11) is 0. The third-order valence-electron chi connectivity index (χ3n) is 4.43. The van der Waals surface area contributed by atoms with Crippen LogP contribution < -0.4 is 0 Å². The lowest BCUT2D eigenvalue weighted by Gasteiger charge is -2.24. The molecule has 2 heterocycles. The first-order valence-corrected chi connectivity index (χ1v) is 7.69. The minimum atomic E-state index is 0.424. The minimum Gasteiger partial charge on any atom is -0.467 e. The smallest absolute Gasteiger partial charge is 0.293 e. The average Bonchev–Trinajstić information content (AvgIpc) is 3.15. The van der Waals surface area contributed by atoms with Crippen molar-refractivity contribution in [2.75, 3.05) is 19.7 Å². The SMILES string of the molecule is CC(c1ccc2[nH]c(CCOC=O)cc2c1)N1CCCC1. The molecular formula is C17H22N2O2. The fourth-order valence-electron chi connectivity index (χ4n) is 3.16. The Labute approximate surface area is 125 Å². The molecule has 1 saturated heterocycles. The summed E-state index contributed by atoms with van der Waals surface area (Å²) in [6.07, 6.45) is 3.36. The van der Waals surface area contributed by atoms with E-state index in [4.69, 9.17) is 4.74 Å². The van der Waals surface area contributed by atoms with E-state index in [1.807, 2.05) is 0 Å². The molecule has 2 aromatic rings. The summed E-state index contributed by atoms with van der Waals surface area (Å²) < 4.78 is 4.76. The average molecular weight is 286 g/mol. The van der Waals surface area contributed by atoms with Crippen molar-refractivity contribution < 1.29 is 9.53 Å². The molecule has 0 amide bonds. The molecule has 1 fully saturated rings. The van der Waals surface area contributed by atoms with E-state index in [2.05, 4.69) is 41.1 Å². The Hall–Kier alpha value is -1.81. The number of H-pyrrole nitrogens is 1. The predicted octanol–water partition coefficient (Wildman–Crippen LogP) is 3.04. The number of hydrogen-bond donors (Lipinski definition) is 1. The van der Waals surface area contributed by atoms with E-state index in [0.717, 1.165) is 17.6 Å². The van der Waals surface area contributed by atoms with E-state index in [-0.39, 0.29) is 0 Å². The number of benzene rings is 1. The van der Waals surface area contributed by atoms with Crippen molar-refractivity contribution in [2.24, 2.45) is 0 Å². The van der Waals surface area contributed by atoms with E-state index in [9.17, 15) is 4.79 Å². The highest BCUT2D eigenvalue weighted by molar-refractivity contribution is 5.81. The van der Waals surface area contributed by atoms with Crippen LogP contribution in [0.2, 0.25) is 0 Å². The number of likely N-dealkylation sites (tertiary alicyclic amines) is 1. The Morgan fingerprint density at radius 1 is 1.33 bits per heavy atom. The van der Waals surface area contributed by atoms with Gasteiger partial charge in [0.25, 0.3) is 6.47 Å². The Balaban J connectivity index is 1.77. The highest BCUT2D eigenvalue weighted by atomic mass is 16.5. The summed E-state index contributed by atoms with van der Waals surface area (Å²) in [5, 5.41) is 1.24. The summed E-state index contributed by atoms with van der Waals surface area (Å²) in [5.74, 6) is 0. The van der Waals surface area contributed by atoms with Crippen LogP contribution >= 0.6 is 0 Å². The molecule has 1 aliphatic rings. The molecule has 1 aromatic carbocycles. The highest BCUT2D eigenvalue weighted by Crippen LogP contribution is 2.27. The standard InChI is InChI=1S/C17H22N2O2/c1-13(19-7-2-3-8-19)14-4-5-17-15(10-14)11-16(18-17)6-9-21-12-20/h4-5,10-13,18H,2-3,6-9H2,1H3. The Morgan fingerprint density at radius 3 is 2.90 bits per heavy atom. The number of rotatable bonds is 6. The molecule has 1 N–H and O–H groups in total. The van der Waals surface area contributed by atoms with Gasteiger partial charge in [-0.2, -0.15) is 0 Å². The monoisotopic (exact) mass is 286 g/mol. The summed E-state index contributed by atoms with van der Waals surface area (Å²) in [6.45, 7) is 5.63. The molecule has 1 unspecified atom stereocenters. The first-order chi connectivity index (χ1) is 10.3. The normalized spacial score (nSPS) is 17.2. The van der Waals surface area contributed by atoms with Gasteiger partial charge in [-0.25, -0.2) is 0 Å². The third-order valence-corrected chi connectivity index (χ3v) is 4.43. The number of ether oxygens (including phenoxy) is 1. The highest BCUT2D eigenvalue weighted by Gasteiger charge is 2.19. The van der Waals surface area contributed by atoms with Crippen molar-refractivity contribution in [1.82, 2.24) is 9.88 Å². The summed E-state index contributed by atoms with van der Waals surface area (Å²) >= 11 is 0. The van der Waals surface area contributed by atoms with Crippen LogP contribution in [0.1, 0.15) is 37.1 Å². The maximum atomic E-state index is 10.2. The maximum Gasteiger partial charge on any atom is 0.293 e. The number of carbonyl (C=O) groups is 1. The van der Waals surface area contributed by atoms with Crippen LogP contribution in [0.15, 0.2) is 24.3 Å². The zero-order chi connectivity index (χ0) is 14.7. The van der Waals surface area contributed by atoms with E-state index in [0.29, 0.717) is 19.1 Å². The van der Waals surface area contributed by atoms with E-state index in [1.54, 1.807) is 0 Å². The van der Waals surface area contributed by atoms with Gasteiger partial charge >= 0.3 is 0 Å². The van der Waals surface area contributed by atoms with Crippen LogP contribution in [-0.2, 0) is 16.0 Å². The number of fused-ring (bicyclic) bond motifs is 1. The van der Waals surface area contributed by atoms with Gasteiger partial charge in [0.2, 0.25) is 0 Å². The van der Waals surface area contributed by atoms with Gasteiger partial charge in [-0.3, -0.25) is 9.69 Å². The molecule has 0 radical (unpaired) electrons. The van der Waals surface area contributed by atoms with Crippen LogP contribution in [0.3, 0.4) is 0 Å².